The van der Waals surface area contributed by atoms with Gasteiger partial charge >= 0.3 is 0 Å². The molecule has 4 rings (SSSR count). The molecular formula is C22H33ClO2. The quantitative estimate of drug-likeness (QED) is 0.523. The lowest BCUT2D eigenvalue weighted by Gasteiger charge is -2.64. The zero-order valence-electron chi connectivity index (χ0n) is 16.0. The number of hydrogen-bond acceptors (Lipinski definition) is 2. The summed E-state index contributed by atoms with van der Waals surface area (Å²) < 4.78 is 0. The van der Waals surface area contributed by atoms with Crippen LogP contribution in [0.3, 0.4) is 0 Å². The Morgan fingerprint density at radius 3 is 2.64 bits per heavy atom. The molecule has 0 bridgehead atoms. The van der Waals surface area contributed by atoms with E-state index in [1.54, 1.807) is 0 Å². The third-order valence-corrected chi connectivity index (χ3v) is 9.67. The maximum Gasteiger partial charge on any atom is 0.102 e. The third kappa shape index (κ3) is 2.05. The lowest BCUT2D eigenvalue weighted by atomic mass is 9.46. The maximum absolute atomic E-state index is 11.2. The molecule has 4 aliphatic rings. The highest BCUT2D eigenvalue weighted by Gasteiger charge is 2.69. The molecule has 9 atom stereocenters. The van der Waals surface area contributed by atoms with E-state index < -0.39 is 17.1 Å². The molecule has 0 saturated heterocycles. The monoisotopic (exact) mass is 364 g/mol. The van der Waals surface area contributed by atoms with E-state index in [-0.39, 0.29) is 16.7 Å². The number of aliphatic hydroxyl groups excluding tert-OH is 2. The molecule has 0 aromatic heterocycles. The van der Waals surface area contributed by atoms with Crippen molar-refractivity contribution in [2.24, 2.45) is 34.5 Å². The van der Waals surface area contributed by atoms with Crippen LogP contribution in [0, 0.1) is 34.5 Å². The SMILES string of the molecule is CC[C@@H]1[C@H](C)C[C@H]2[C@@H]3[C@@H](O)[C@@H](O)C4=CCC=C[C@]4(C)[C@@]3(Cl)CC[C@]12C. The van der Waals surface area contributed by atoms with Gasteiger partial charge in [0, 0.05) is 11.3 Å². The zero-order chi connectivity index (χ0) is 18.2. The lowest BCUT2D eigenvalue weighted by Crippen LogP contribution is -2.67. The first-order valence-corrected chi connectivity index (χ1v) is 10.5. The van der Waals surface area contributed by atoms with Gasteiger partial charge in [0.05, 0.1) is 11.0 Å². The number of allylic oxidation sites excluding steroid dienone is 3. The van der Waals surface area contributed by atoms with Gasteiger partial charge in [0.1, 0.15) is 6.10 Å². The molecule has 2 N–H and O–H groups in total. The smallest absolute Gasteiger partial charge is 0.102 e. The number of halogens is 1. The molecule has 3 heteroatoms. The predicted octanol–water partition coefficient (Wildman–Crippen LogP) is 4.69. The van der Waals surface area contributed by atoms with Crippen molar-refractivity contribution in [1.82, 2.24) is 0 Å². The Labute approximate surface area is 157 Å². The van der Waals surface area contributed by atoms with Crippen molar-refractivity contribution >= 4 is 11.6 Å². The van der Waals surface area contributed by atoms with Crippen LogP contribution in [0.1, 0.15) is 59.8 Å². The van der Waals surface area contributed by atoms with E-state index in [1.807, 2.05) is 0 Å². The molecule has 0 amide bonds. The zero-order valence-corrected chi connectivity index (χ0v) is 16.8. The summed E-state index contributed by atoms with van der Waals surface area (Å²) in [6.45, 7) is 9.28. The number of rotatable bonds is 1. The largest absolute Gasteiger partial charge is 0.390 e. The Hall–Kier alpha value is -0.310. The van der Waals surface area contributed by atoms with Gasteiger partial charge in [0.15, 0.2) is 0 Å². The molecule has 3 fully saturated rings. The topological polar surface area (TPSA) is 40.5 Å². The number of aliphatic hydroxyl groups is 2. The standard InChI is InChI=1S/C22H33ClO2/c1-5-14-13(2)12-16-17-19(25)18(24)15-8-6-7-9-21(15,4)22(17,23)11-10-20(14,16)3/h7-9,13-14,16-19,24-25H,5-6,10-12H2,1-4H3/t13-,14-,16+,17-,18+,19-,20-,21+,22-/m1/s1. The minimum Gasteiger partial charge on any atom is -0.390 e. The second kappa shape index (κ2) is 5.59. The number of alkyl halides is 1. The van der Waals surface area contributed by atoms with Gasteiger partial charge < -0.3 is 10.2 Å². The van der Waals surface area contributed by atoms with E-state index in [1.165, 1.54) is 6.42 Å². The molecule has 0 aliphatic heterocycles. The van der Waals surface area contributed by atoms with Gasteiger partial charge in [-0.05, 0) is 54.4 Å². The van der Waals surface area contributed by atoms with Crippen molar-refractivity contribution in [3.05, 3.63) is 23.8 Å². The van der Waals surface area contributed by atoms with Gasteiger partial charge in [-0.25, -0.2) is 0 Å². The predicted molar refractivity (Wildman–Crippen MR) is 102 cm³/mol. The van der Waals surface area contributed by atoms with Gasteiger partial charge in [0.25, 0.3) is 0 Å². The molecule has 3 saturated carbocycles. The number of fused-ring (bicyclic) bond motifs is 5. The summed E-state index contributed by atoms with van der Waals surface area (Å²) in [6.07, 6.45) is 10.1. The first-order valence-electron chi connectivity index (χ1n) is 10.1. The van der Waals surface area contributed by atoms with Crippen LogP contribution in [0.25, 0.3) is 0 Å². The van der Waals surface area contributed by atoms with Crippen LogP contribution < -0.4 is 0 Å². The summed E-state index contributed by atoms with van der Waals surface area (Å²) in [4.78, 5) is -0.499. The van der Waals surface area contributed by atoms with Crippen molar-refractivity contribution in [1.29, 1.82) is 0 Å². The van der Waals surface area contributed by atoms with Gasteiger partial charge in [0.2, 0.25) is 0 Å². The molecule has 0 heterocycles. The van der Waals surface area contributed by atoms with E-state index in [2.05, 4.69) is 45.9 Å². The summed E-state index contributed by atoms with van der Waals surface area (Å²) in [5.41, 5.74) is 0.814. The van der Waals surface area contributed by atoms with Crippen LogP contribution in [-0.2, 0) is 0 Å². The summed E-state index contributed by atoms with van der Waals surface area (Å²) in [5, 5.41) is 22.2. The van der Waals surface area contributed by atoms with Crippen LogP contribution in [0.4, 0.5) is 0 Å². The van der Waals surface area contributed by atoms with Gasteiger partial charge in [-0.1, -0.05) is 52.3 Å². The summed E-state index contributed by atoms with van der Waals surface area (Å²) in [7, 11) is 0. The van der Waals surface area contributed by atoms with Crippen LogP contribution in [0.15, 0.2) is 23.8 Å². The molecule has 0 radical (unpaired) electrons. The summed E-state index contributed by atoms with van der Waals surface area (Å²) >= 11 is 7.46. The molecule has 0 aromatic rings. The van der Waals surface area contributed by atoms with Crippen molar-refractivity contribution in [2.45, 2.75) is 76.9 Å². The Morgan fingerprint density at radius 1 is 1.24 bits per heavy atom. The Bertz CT molecular complexity index is 628. The normalized spacial score (nSPS) is 57.5. The third-order valence-electron chi connectivity index (χ3n) is 8.83. The Morgan fingerprint density at radius 2 is 1.96 bits per heavy atom. The van der Waals surface area contributed by atoms with Crippen molar-refractivity contribution in [3.8, 4) is 0 Å². The lowest BCUT2D eigenvalue weighted by molar-refractivity contribution is -0.124. The van der Waals surface area contributed by atoms with Crippen molar-refractivity contribution in [3.63, 3.8) is 0 Å². The highest BCUT2D eigenvalue weighted by molar-refractivity contribution is 6.25. The maximum atomic E-state index is 11.2. The molecule has 4 aliphatic carbocycles. The minimum atomic E-state index is -0.787. The molecule has 140 valence electrons. The molecule has 2 nitrogen and oxygen atoms in total. The van der Waals surface area contributed by atoms with E-state index in [9.17, 15) is 10.2 Å². The van der Waals surface area contributed by atoms with Crippen LogP contribution in [0.5, 0.6) is 0 Å². The van der Waals surface area contributed by atoms with E-state index >= 15 is 0 Å². The van der Waals surface area contributed by atoms with Gasteiger partial charge in [-0.3, -0.25) is 0 Å². The average molecular weight is 365 g/mol. The highest BCUT2D eigenvalue weighted by Crippen LogP contribution is 2.70. The molecular weight excluding hydrogens is 332 g/mol. The second-order valence-corrected chi connectivity index (χ2v) is 10.3. The van der Waals surface area contributed by atoms with E-state index in [0.717, 1.165) is 31.3 Å². The Kier molecular flexibility index (Phi) is 4.04. The fourth-order valence-corrected chi connectivity index (χ4v) is 8.15. The second-order valence-electron chi connectivity index (χ2n) is 9.66. The first-order chi connectivity index (χ1) is 11.7. The molecule has 25 heavy (non-hydrogen) atoms. The average Bonchev–Trinajstić information content (AvgIpc) is 2.83. The summed E-state index contributed by atoms with van der Waals surface area (Å²) in [6, 6.07) is 0. The highest BCUT2D eigenvalue weighted by atomic mass is 35.5. The fourth-order valence-electron chi connectivity index (χ4n) is 7.60. The van der Waals surface area contributed by atoms with Gasteiger partial charge in [-0.2, -0.15) is 0 Å². The van der Waals surface area contributed by atoms with Crippen molar-refractivity contribution in [2.75, 3.05) is 0 Å². The minimum absolute atomic E-state index is 0.0492. The molecule has 0 aromatic carbocycles. The Balaban J connectivity index is 1.84. The summed E-state index contributed by atoms with van der Waals surface area (Å²) in [5.74, 6) is 1.69. The van der Waals surface area contributed by atoms with Crippen LogP contribution in [0.2, 0.25) is 0 Å². The molecule has 0 unspecified atom stereocenters. The van der Waals surface area contributed by atoms with Crippen molar-refractivity contribution < 1.29 is 10.2 Å². The first kappa shape index (κ1) is 18.1. The van der Waals surface area contributed by atoms with Crippen LogP contribution >= 0.6 is 11.6 Å². The van der Waals surface area contributed by atoms with Crippen LogP contribution in [-0.4, -0.2) is 27.3 Å². The number of hydrogen-bond donors (Lipinski definition) is 2. The molecule has 0 spiro atoms. The van der Waals surface area contributed by atoms with E-state index in [4.69, 9.17) is 11.6 Å². The van der Waals surface area contributed by atoms with Gasteiger partial charge in [-0.15, -0.1) is 11.6 Å². The fraction of sp³-hybridized carbons (Fsp3) is 0.818. The van der Waals surface area contributed by atoms with E-state index in [0.29, 0.717) is 17.8 Å².